The summed E-state index contributed by atoms with van der Waals surface area (Å²) < 4.78 is 1.12. The van der Waals surface area contributed by atoms with Crippen molar-refractivity contribution < 1.29 is 0 Å². The summed E-state index contributed by atoms with van der Waals surface area (Å²) in [6.07, 6.45) is 0. The summed E-state index contributed by atoms with van der Waals surface area (Å²) in [6, 6.07) is 14.7. The van der Waals surface area contributed by atoms with E-state index < -0.39 is 0 Å². The van der Waals surface area contributed by atoms with Crippen molar-refractivity contribution in [3.63, 3.8) is 0 Å². The van der Waals surface area contributed by atoms with Crippen LogP contribution in [-0.4, -0.2) is 7.05 Å². The van der Waals surface area contributed by atoms with Crippen LogP contribution in [-0.2, 0) is 5.33 Å². The maximum atomic E-state index is 6.07. The predicted octanol–water partition coefficient (Wildman–Crippen LogP) is 6.19. The van der Waals surface area contributed by atoms with Crippen LogP contribution in [0.15, 0.2) is 46.9 Å². The quantitative estimate of drug-likeness (QED) is 0.536. The number of hydrogen-bond donors (Lipinski definition) is 0. The van der Waals surface area contributed by atoms with Gasteiger partial charge in [0.25, 0.3) is 0 Å². The lowest BCUT2D eigenvalue weighted by Crippen LogP contribution is -2.21. The molecular formula is C16H16Br2ClN. The molecule has 0 spiro atoms. The molecular weight excluding hydrogens is 401 g/mol. The largest absolute Gasteiger partial charge is 0.368 e. The van der Waals surface area contributed by atoms with E-state index in [4.69, 9.17) is 11.6 Å². The lowest BCUT2D eigenvalue weighted by atomic mass is 10.1. The van der Waals surface area contributed by atoms with Crippen molar-refractivity contribution in [3.8, 4) is 0 Å². The normalized spacial score (nSPS) is 12.2. The highest BCUT2D eigenvalue weighted by Gasteiger charge is 2.13. The lowest BCUT2D eigenvalue weighted by molar-refractivity contribution is 0.739. The van der Waals surface area contributed by atoms with Gasteiger partial charge in [0.2, 0.25) is 0 Å². The fourth-order valence-corrected chi connectivity index (χ4v) is 3.65. The first-order valence-electron chi connectivity index (χ1n) is 6.35. The van der Waals surface area contributed by atoms with Gasteiger partial charge in [-0.1, -0.05) is 61.7 Å². The Morgan fingerprint density at radius 2 is 1.95 bits per heavy atom. The van der Waals surface area contributed by atoms with E-state index in [0.29, 0.717) is 0 Å². The van der Waals surface area contributed by atoms with E-state index in [1.165, 1.54) is 16.8 Å². The van der Waals surface area contributed by atoms with E-state index in [1.54, 1.807) is 0 Å². The highest BCUT2D eigenvalue weighted by molar-refractivity contribution is 9.10. The topological polar surface area (TPSA) is 3.24 Å². The molecule has 1 nitrogen and oxygen atoms in total. The van der Waals surface area contributed by atoms with Crippen LogP contribution >= 0.6 is 43.5 Å². The van der Waals surface area contributed by atoms with Gasteiger partial charge in [-0.25, -0.2) is 0 Å². The van der Waals surface area contributed by atoms with Crippen LogP contribution in [0.25, 0.3) is 0 Å². The first kappa shape index (κ1) is 15.9. The minimum Gasteiger partial charge on any atom is -0.368 e. The number of benzene rings is 2. The van der Waals surface area contributed by atoms with Gasteiger partial charge in [0, 0.05) is 27.6 Å². The van der Waals surface area contributed by atoms with Gasteiger partial charge in [0.15, 0.2) is 0 Å². The molecule has 0 saturated heterocycles. The Morgan fingerprint density at radius 1 is 1.20 bits per heavy atom. The number of nitrogens with zero attached hydrogens (tertiary/aromatic N) is 1. The van der Waals surface area contributed by atoms with Crippen LogP contribution in [0.3, 0.4) is 0 Å². The Kier molecular flexibility index (Phi) is 5.53. The van der Waals surface area contributed by atoms with Gasteiger partial charge in [0.1, 0.15) is 0 Å². The third-order valence-electron chi connectivity index (χ3n) is 3.50. The second-order valence-electron chi connectivity index (χ2n) is 4.75. The molecule has 2 rings (SSSR count). The average molecular weight is 418 g/mol. The molecule has 0 radical (unpaired) electrons. The Hall–Kier alpha value is -0.510. The van der Waals surface area contributed by atoms with Gasteiger partial charge in [0.05, 0.1) is 6.04 Å². The standard InChI is InChI=1S/C16H16Br2ClN/c1-11(12-4-3-5-14(19)8-12)20(2)15-7-6-13(10-17)16(18)9-15/h3-9,11H,10H2,1-2H3. The summed E-state index contributed by atoms with van der Waals surface area (Å²) >= 11 is 13.2. The number of rotatable bonds is 4. The minimum absolute atomic E-state index is 0.260. The summed E-state index contributed by atoms with van der Waals surface area (Å²) in [5.74, 6) is 0. The van der Waals surface area contributed by atoms with Crippen LogP contribution in [0.5, 0.6) is 0 Å². The fraction of sp³-hybridized carbons (Fsp3) is 0.250. The maximum absolute atomic E-state index is 6.07. The van der Waals surface area contributed by atoms with E-state index in [9.17, 15) is 0 Å². The Bertz CT molecular complexity index is 601. The second-order valence-corrected chi connectivity index (χ2v) is 6.60. The van der Waals surface area contributed by atoms with Crippen molar-refractivity contribution in [1.29, 1.82) is 0 Å². The predicted molar refractivity (Wildman–Crippen MR) is 95.0 cm³/mol. The summed E-state index contributed by atoms with van der Waals surface area (Å²) in [6.45, 7) is 2.18. The van der Waals surface area contributed by atoms with Gasteiger partial charge in [-0.15, -0.1) is 0 Å². The zero-order valence-corrected chi connectivity index (χ0v) is 15.3. The molecule has 0 saturated carbocycles. The van der Waals surface area contributed by atoms with Gasteiger partial charge in [-0.3, -0.25) is 0 Å². The van der Waals surface area contributed by atoms with Gasteiger partial charge >= 0.3 is 0 Å². The first-order chi connectivity index (χ1) is 9.52. The van der Waals surface area contributed by atoms with Crippen molar-refractivity contribution in [2.24, 2.45) is 0 Å². The average Bonchev–Trinajstić information content (AvgIpc) is 2.45. The number of hydrogen-bond acceptors (Lipinski definition) is 1. The van der Waals surface area contributed by atoms with E-state index in [-0.39, 0.29) is 6.04 Å². The third kappa shape index (κ3) is 3.57. The van der Waals surface area contributed by atoms with Crippen LogP contribution in [0.2, 0.25) is 5.02 Å². The Labute approximate surface area is 142 Å². The molecule has 0 aliphatic rings. The SMILES string of the molecule is CC(c1cccc(Cl)c1)N(C)c1ccc(CBr)c(Br)c1. The summed E-state index contributed by atoms with van der Waals surface area (Å²) in [5.41, 5.74) is 3.63. The third-order valence-corrected chi connectivity index (χ3v) is 5.08. The van der Waals surface area contributed by atoms with Gasteiger partial charge in [-0.05, 0) is 42.3 Å². The molecule has 20 heavy (non-hydrogen) atoms. The van der Waals surface area contributed by atoms with Crippen LogP contribution in [0.4, 0.5) is 5.69 Å². The molecule has 106 valence electrons. The molecule has 1 unspecified atom stereocenters. The highest BCUT2D eigenvalue weighted by Crippen LogP contribution is 2.30. The molecule has 0 bridgehead atoms. The van der Waals surface area contributed by atoms with Gasteiger partial charge in [-0.2, -0.15) is 0 Å². The maximum Gasteiger partial charge on any atom is 0.0511 e. The molecule has 0 aliphatic carbocycles. The van der Waals surface area contributed by atoms with E-state index >= 15 is 0 Å². The van der Waals surface area contributed by atoms with Crippen LogP contribution in [0.1, 0.15) is 24.1 Å². The molecule has 0 N–H and O–H groups in total. The van der Waals surface area contributed by atoms with E-state index in [1.807, 2.05) is 18.2 Å². The highest BCUT2D eigenvalue weighted by atomic mass is 79.9. The Balaban J connectivity index is 2.26. The molecule has 0 heterocycles. The monoisotopic (exact) mass is 415 g/mol. The van der Waals surface area contributed by atoms with Crippen molar-refractivity contribution in [3.05, 3.63) is 63.1 Å². The molecule has 4 heteroatoms. The molecule has 2 aromatic carbocycles. The van der Waals surface area contributed by atoms with E-state index in [0.717, 1.165) is 14.8 Å². The molecule has 0 aliphatic heterocycles. The molecule has 2 aromatic rings. The van der Waals surface area contributed by atoms with Crippen LogP contribution in [0, 0.1) is 0 Å². The smallest absolute Gasteiger partial charge is 0.0511 e. The fourth-order valence-electron chi connectivity index (χ4n) is 2.08. The molecule has 0 amide bonds. The van der Waals surface area contributed by atoms with Crippen molar-refractivity contribution in [2.45, 2.75) is 18.3 Å². The second kappa shape index (κ2) is 6.97. The zero-order chi connectivity index (χ0) is 14.7. The van der Waals surface area contributed by atoms with Gasteiger partial charge < -0.3 is 4.90 Å². The van der Waals surface area contributed by atoms with Crippen molar-refractivity contribution >= 4 is 49.1 Å². The molecule has 0 fully saturated rings. The summed E-state index contributed by atoms with van der Waals surface area (Å²) in [7, 11) is 2.10. The number of anilines is 1. The van der Waals surface area contributed by atoms with Crippen LogP contribution < -0.4 is 4.90 Å². The summed E-state index contributed by atoms with van der Waals surface area (Å²) in [4.78, 5) is 2.24. The van der Waals surface area contributed by atoms with Crippen molar-refractivity contribution in [1.82, 2.24) is 0 Å². The van der Waals surface area contributed by atoms with E-state index in [2.05, 4.69) is 75.0 Å². The Morgan fingerprint density at radius 3 is 2.55 bits per heavy atom. The first-order valence-corrected chi connectivity index (χ1v) is 8.65. The molecule has 0 aromatic heterocycles. The number of halogens is 3. The lowest BCUT2D eigenvalue weighted by Gasteiger charge is -2.28. The summed E-state index contributed by atoms with van der Waals surface area (Å²) in [5, 5.41) is 1.63. The minimum atomic E-state index is 0.260. The number of alkyl halides is 1. The zero-order valence-electron chi connectivity index (χ0n) is 11.4. The van der Waals surface area contributed by atoms with Crippen molar-refractivity contribution in [2.75, 3.05) is 11.9 Å². The molecule has 1 atom stereocenters.